The molecule has 0 radical (unpaired) electrons. The van der Waals surface area contributed by atoms with E-state index in [4.69, 9.17) is 4.74 Å². The van der Waals surface area contributed by atoms with Gasteiger partial charge in [-0.1, -0.05) is 44.2 Å². The molecule has 2 rings (SSSR count). The second-order valence-corrected chi connectivity index (χ2v) is 6.57. The molecular formula is C17H20N2O3S. The van der Waals surface area contributed by atoms with Crippen LogP contribution in [0.4, 0.5) is 0 Å². The number of ether oxygens (including phenoxy) is 1. The number of aryl methyl sites for hydroxylation is 1. The fourth-order valence-electron chi connectivity index (χ4n) is 1.86. The third kappa shape index (κ3) is 4.89. The Morgan fingerprint density at radius 3 is 2.61 bits per heavy atom. The van der Waals surface area contributed by atoms with Gasteiger partial charge in [-0.25, -0.2) is 9.78 Å². The van der Waals surface area contributed by atoms with E-state index >= 15 is 0 Å². The van der Waals surface area contributed by atoms with Gasteiger partial charge in [-0.3, -0.25) is 4.79 Å². The molecule has 23 heavy (non-hydrogen) atoms. The molecule has 2 aromatic rings. The number of thiazole rings is 1. The van der Waals surface area contributed by atoms with E-state index < -0.39 is 5.97 Å². The van der Waals surface area contributed by atoms with Crippen LogP contribution in [0.25, 0.3) is 10.6 Å². The lowest BCUT2D eigenvalue weighted by molar-refractivity contribution is -0.124. The number of nitrogens with zero attached hydrogens (tertiary/aromatic N) is 1. The van der Waals surface area contributed by atoms with Gasteiger partial charge in [-0.05, 0) is 12.8 Å². The number of hydrogen-bond acceptors (Lipinski definition) is 5. The lowest BCUT2D eigenvalue weighted by Gasteiger charge is -2.07. The number of carbonyl (C=O) groups is 2. The average Bonchev–Trinajstić information content (AvgIpc) is 2.93. The molecule has 122 valence electrons. The van der Waals surface area contributed by atoms with Crippen molar-refractivity contribution in [2.45, 2.75) is 20.8 Å². The third-order valence-electron chi connectivity index (χ3n) is 3.04. The van der Waals surface area contributed by atoms with Gasteiger partial charge in [0.25, 0.3) is 5.91 Å². The lowest BCUT2D eigenvalue weighted by atomic mass is 10.2. The van der Waals surface area contributed by atoms with E-state index in [0.717, 1.165) is 10.6 Å². The quantitative estimate of drug-likeness (QED) is 0.826. The molecule has 1 N–H and O–H groups in total. The monoisotopic (exact) mass is 332 g/mol. The van der Waals surface area contributed by atoms with Crippen molar-refractivity contribution in [3.8, 4) is 10.6 Å². The van der Waals surface area contributed by atoms with E-state index in [1.165, 1.54) is 11.3 Å². The molecule has 0 aliphatic rings. The molecule has 0 fully saturated rings. The first kappa shape index (κ1) is 17.1. The summed E-state index contributed by atoms with van der Waals surface area (Å²) in [5.74, 6) is -0.453. The molecule has 5 nitrogen and oxygen atoms in total. The number of esters is 1. The number of rotatable bonds is 6. The molecule has 1 heterocycles. The van der Waals surface area contributed by atoms with Crippen molar-refractivity contribution in [1.29, 1.82) is 0 Å². The van der Waals surface area contributed by atoms with Crippen LogP contribution >= 0.6 is 11.3 Å². The molecule has 0 aliphatic heterocycles. The van der Waals surface area contributed by atoms with Crippen LogP contribution in [0.3, 0.4) is 0 Å². The van der Waals surface area contributed by atoms with E-state index in [0.29, 0.717) is 23.0 Å². The van der Waals surface area contributed by atoms with Gasteiger partial charge < -0.3 is 10.1 Å². The van der Waals surface area contributed by atoms with Crippen LogP contribution in [0.2, 0.25) is 0 Å². The van der Waals surface area contributed by atoms with Crippen molar-refractivity contribution in [3.05, 3.63) is 40.9 Å². The van der Waals surface area contributed by atoms with Crippen LogP contribution in [0, 0.1) is 12.8 Å². The van der Waals surface area contributed by atoms with Gasteiger partial charge in [0.15, 0.2) is 6.61 Å². The molecule has 1 amide bonds. The highest BCUT2D eigenvalue weighted by atomic mass is 32.1. The first-order valence-corrected chi connectivity index (χ1v) is 8.25. The van der Waals surface area contributed by atoms with Crippen LogP contribution in [0.1, 0.15) is 29.2 Å². The smallest absolute Gasteiger partial charge is 0.350 e. The maximum Gasteiger partial charge on any atom is 0.350 e. The maximum atomic E-state index is 12.1. The van der Waals surface area contributed by atoms with Gasteiger partial charge in [-0.2, -0.15) is 0 Å². The summed E-state index contributed by atoms with van der Waals surface area (Å²) in [7, 11) is 0. The summed E-state index contributed by atoms with van der Waals surface area (Å²) >= 11 is 1.27. The average molecular weight is 332 g/mol. The number of carbonyl (C=O) groups excluding carboxylic acids is 2. The molecule has 0 atom stereocenters. The highest BCUT2D eigenvalue weighted by Crippen LogP contribution is 2.28. The van der Waals surface area contributed by atoms with Crippen molar-refractivity contribution in [2.75, 3.05) is 13.2 Å². The lowest BCUT2D eigenvalue weighted by Crippen LogP contribution is -2.31. The Labute approximate surface area is 139 Å². The number of hydrogen-bond donors (Lipinski definition) is 1. The summed E-state index contributed by atoms with van der Waals surface area (Å²) in [6, 6.07) is 9.64. The van der Waals surface area contributed by atoms with Crippen LogP contribution in [0.15, 0.2) is 30.3 Å². The predicted octanol–water partition coefficient (Wildman–Crippen LogP) is 3.05. The Kier molecular flexibility index (Phi) is 5.87. The fraction of sp³-hybridized carbons (Fsp3) is 0.353. The highest BCUT2D eigenvalue weighted by molar-refractivity contribution is 7.17. The molecule has 0 saturated heterocycles. The summed E-state index contributed by atoms with van der Waals surface area (Å²) in [4.78, 5) is 28.6. The summed E-state index contributed by atoms with van der Waals surface area (Å²) in [5, 5.41) is 3.47. The number of aromatic nitrogens is 1. The van der Waals surface area contributed by atoms with Crippen LogP contribution in [-0.2, 0) is 9.53 Å². The minimum absolute atomic E-state index is 0.274. The summed E-state index contributed by atoms with van der Waals surface area (Å²) in [6.07, 6.45) is 0. The zero-order valence-electron chi connectivity index (χ0n) is 13.5. The van der Waals surface area contributed by atoms with Gasteiger partial charge in [0.1, 0.15) is 9.88 Å². The van der Waals surface area contributed by atoms with Gasteiger partial charge >= 0.3 is 5.97 Å². The molecule has 6 heteroatoms. The Morgan fingerprint density at radius 2 is 1.96 bits per heavy atom. The summed E-state index contributed by atoms with van der Waals surface area (Å²) in [5.41, 5.74) is 1.57. The van der Waals surface area contributed by atoms with Gasteiger partial charge in [0.2, 0.25) is 0 Å². The second-order valence-electron chi connectivity index (χ2n) is 5.57. The van der Waals surface area contributed by atoms with Crippen molar-refractivity contribution in [2.24, 2.45) is 5.92 Å². The van der Waals surface area contributed by atoms with Crippen molar-refractivity contribution < 1.29 is 14.3 Å². The van der Waals surface area contributed by atoms with E-state index in [2.05, 4.69) is 10.3 Å². The van der Waals surface area contributed by atoms with E-state index in [1.807, 2.05) is 44.2 Å². The molecule has 1 aromatic carbocycles. The third-order valence-corrected chi connectivity index (χ3v) is 4.23. The molecule has 0 spiro atoms. The molecule has 1 aromatic heterocycles. The zero-order chi connectivity index (χ0) is 16.8. The molecule has 0 unspecified atom stereocenters. The van der Waals surface area contributed by atoms with Crippen molar-refractivity contribution >= 4 is 23.2 Å². The van der Waals surface area contributed by atoms with Crippen LogP contribution < -0.4 is 5.32 Å². The zero-order valence-corrected chi connectivity index (χ0v) is 14.3. The molecule has 0 bridgehead atoms. The SMILES string of the molecule is Cc1nc(-c2ccccc2)sc1C(=O)OCC(=O)NCC(C)C. The van der Waals surface area contributed by atoms with Gasteiger partial charge in [0.05, 0.1) is 5.69 Å². The Morgan fingerprint density at radius 1 is 1.26 bits per heavy atom. The number of benzene rings is 1. The van der Waals surface area contributed by atoms with E-state index in [1.54, 1.807) is 6.92 Å². The van der Waals surface area contributed by atoms with Crippen molar-refractivity contribution in [1.82, 2.24) is 10.3 Å². The summed E-state index contributed by atoms with van der Waals surface area (Å²) < 4.78 is 5.07. The van der Waals surface area contributed by atoms with Crippen molar-refractivity contribution in [3.63, 3.8) is 0 Å². The minimum Gasteiger partial charge on any atom is -0.451 e. The van der Waals surface area contributed by atoms with E-state index in [-0.39, 0.29) is 12.5 Å². The fourth-order valence-corrected chi connectivity index (χ4v) is 2.82. The molecule has 0 saturated carbocycles. The Bertz CT molecular complexity index is 680. The number of nitrogens with one attached hydrogen (secondary N) is 1. The second kappa shape index (κ2) is 7.87. The van der Waals surface area contributed by atoms with Gasteiger partial charge in [-0.15, -0.1) is 11.3 Å². The Hall–Kier alpha value is -2.21. The Balaban J connectivity index is 1.98. The predicted molar refractivity (Wildman–Crippen MR) is 90.4 cm³/mol. The first-order chi connectivity index (χ1) is 11.0. The highest BCUT2D eigenvalue weighted by Gasteiger charge is 2.18. The summed E-state index contributed by atoms with van der Waals surface area (Å²) in [6.45, 7) is 6.05. The van der Waals surface area contributed by atoms with E-state index in [9.17, 15) is 9.59 Å². The topological polar surface area (TPSA) is 68.3 Å². The van der Waals surface area contributed by atoms with Gasteiger partial charge in [0, 0.05) is 12.1 Å². The largest absolute Gasteiger partial charge is 0.451 e. The maximum absolute atomic E-state index is 12.1. The van der Waals surface area contributed by atoms with Crippen LogP contribution in [0.5, 0.6) is 0 Å². The van der Waals surface area contributed by atoms with Crippen LogP contribution in [-0.4, -0.2) is 30.0 Å². The first-order valence-electron chi connectivity index (χ1n) is 7.44. The molecule has 0 aliphatic carbocycles. The number of amides is 1. The molecular weight excluding hydrogens is 312 g/mol. The normalized spacial score (nSPS) is 10.6. The minimum atomic E-state index is -0.512. The standard InChI is InChI=1S/C17H20N2O3S/c1-11(2)9-18-14(20)10-22-17(21)15-12(3)19-16(23-15)13-7-5-4-6-8-13/h4-8,11H,9-10H2,1-3H3,(H,18,20).